The van der Waals surface area contributed by atoms with Gasteiger partial charge in [0, 0.05) is 19.8 Å². The van der Waals surface area contributed by atoms with Crippen LogP contribution in [-0.2, 0) is 14.2 Å². The Kier molecular flexibility index (Phi) is 9.95. The van der Waals surface area contributed by atoms with Crippen molar-refractivity contribution in [1.82, 2.24) is 0 Å². The maximum Gasteiger partial charge on any atom is 0.0688 e. The molecule has 6 aliphatic carbocycles. The van der Waals surface area contributed by atoms with Crippen LogP contribution in [0.4, 0.5) is 0 Å². The van der Waals surface area contributed by atoms with Crippen LogP contribution in [0.5, 0.6) is 0 Å². The molecular weight excluding hydrogens is 625 g/mol. The lowest BCUT2D eigenvalue weighted by atomic mass is 9.45. The standard InChI is InChI=1S/3C16H28O/c3*1-14(2)8-5-9-15(3)12(14)6-10-16(4)13(15)7-11-17-16/h3*12-13H,5-11H2,1-4H3/t12-,13+,15-,16+;12-,13-,15-,16+;12-,13-,15-,16-/m010/s1. The van der Waals surface area contributed by atoms with Gasteiger partial charge in [-0.3, -0.25) is 0 Å². The average Bonchev–Trinajstić information content (AvgIpc) is 3.74. The summed E-state index contributed by atoms with van der Waals surface area (Å²) in [5.41, 5.74) is 3.92. The molecule has 294 valence electrons. The Morgan fingerprint density at radius 3 is 0.804 bits per heavy atom. The first kappa shape index (κ1) is 39.1. The Bertz CT molecular complexity index is 1100. The number of fused-ring (bicyclic) bond motifs is 9. The summed E-state index contributed by atoms with van der Waals surface area (Å²) in [6, 6.07) is 0. The molecule has 9 aliphatic rings. The van der Waals surface area contributed by atoms with Gasteiger partial charge >= 0.3 is 0 Å². The predicted octanol–water partition coefficient (Wildman–Crippen LogP) is 13.2. The van der Waals surface area contributed by atoms with Gasteiger partial charge in [-0.05, 0) is 185 Å². The van der Waals surface area contributed by atoms with Gasteiger partial charge in [0.25, 0.3) is 0 Å². The predicted molar refractivity (Wildman–Crippen MR) is 213 cm³/mol. The van der Waals surface area contributed by atoms with Crippen LogP contribution >= 0.6 is 0 Å². The minimum Gasteiger partial charge on any atom is -0.375 e. The first-order valence-corrected chi connectivity index (χ1v) is 22.6. The molecule has 0 aromatic heterocycles. The highest BCUT2D eigenvalue weighted by Crippen LogP contribution is 2.67. The highest BCUT2D eigenvalue weighted by molar-refractivity contribution is 5.12. The van der Waals surface area contributed by atoms with Crippen molar-refractivity contribution < 1.29 is 14.2 Å². The van der Waals surface area contributed by atoms with Gasteiger partial charge in [0.1, 0.15) is 0 Å². The topological polar surface area (TPSA) is 27.7 Å². The van der Waals surface area contributed by atoms with Crippen LogP contribution in [0.3, 0.4) is 0 Å². The number of hydrogen-bond acceptors (Lipinski definition) is 3. The van der Waals surface area contributed by atoms with Crippen molar-refractivity contribution in [1.29, 1.82) is 0 Å². The van der Waals surface area contributed by atoms with Crippen molar-refractivity contribution in [2.75, 3.05) is 19.8 Å². The first-order valence-electron chi connectivity index (χ1n) is 22.6. The van der Waals surface area contributed by atoms with Gasteiger partial charge in [0.2, 0.25) is 0 Å². The zero-order valence-electron chi connectivity index (χ0n) is 36.0. The summed E-state index contributed by atoms with van der Waals surface area (Å²) in [5, 5.41) is 0. The van der Waals surface area contributed by atoms with E-state index in [2.05, 4.69) is 83.1 Å². The molecule has 0 N–H and O–H groups in total. The van der Waals surface area contributed by atoms with Gasteiger partial charge in [-0.25, -0.2) is 0 Å². The van der Waals surface area contributed by atoms with Crippen molar-refractivity contribution in [2.45, 2.75) is 215 Å². The zero-order chi connectivity index (χ0) is 36.9. The summed E-state index contributed by atoms with van der Waals surface area (Å²) in [7, 11) is 0. The summed E-state index contributed by atoms with van der Waals surface area (Å²) < 4.78 is 18.4. The van der Waals surface area contributed by atoms with E-state index in [9.17, 15) is 0 Å². The van der Waals surface area contributed by atoms with Crippen LogP contribution in [-0.4, -0.2) is 36.6 Å². The SMILES string of the molecule is CC1(C)CCC[C@@]2(C)[C@H]1CC[C@]1(C)OCC[C@@H]21.CC1(C)CCC[C@]2(C)[C@@H]1CC[C@]1(C)OCC[C@H]21.CC1(C)CCC[C@]2(C)[C@H]3CCO[C@]3(C)CC[C@@H]12. The molecule has 3 aliphatic heterocycles. The molecule has 0 radical (unpaired) electrons. The fourth-order valence-corrected chi connectivity index (χ4v) is 17.5. The second-order valence-corrected chi connectivity index (χ2v) is 23.8. The summed E-state index contributed by atoms with van der Waals surface area (Å²) in [5.74, 6) is 5.20. The Morgan fingerprint density at radius 1 is 0.294 bits per heavy atom. The maximum absolute atomic E-state index is 6.13. The molecule has 3 heteroatoms. The Morgan fingerprint density at radius 2 is 0.549 bits per heavy atom. The van der Waals surface area contributed by atoms with Gasteiger partial charge in [-0.1, -0.05) is 81.6 Å². The van der Waals surface area contributed by atoms with Crippen LogP contribution in [0, 0.1) is 68.0 Å². The maximum atomic E-state index is 6.13. The second-order valence-electron chi connectivity index (χ2n) is 23.8. The van der Waals surface area contributed by atoms with E-state index in [-0.39, 0.29) is 16.8 Å². The van der Waals surface area contributed by atoms with E-state index in [0.717, 1.165) is 55.3 Å². The van der Waals surface area contributed by atoms with Gasteiger partial charge in [0.15, 0.2) is 0 Å². The molecule has 6 saturated carbocycles. The van der Waals surface area contributed by atoms with Gasteiger partial charge in [0.05, 0.1) is 16.8 Å². The molecule has 9 rings (SSSR count). The molecule has 0 unspecified atom stereocenters. The molecule has 0 bridgehead atoms. The molecule has 0 spiro atoms. The monoisotopic (exact) mass is 709 g/mol. The minimum absolute atomic E-state index is 0.207. The van der Waals surface area contributed by atoms with Crippen molar-refractivity contribution in [2.24, 2.45) is 68.0 Å². The highest BCUT2D eigenvalue weighted by Gasteiger charge is 2.63. The Hall–Kier alpha value is -0.120. The second kappa shape index (κ2) is 13.0. The van der Waals surface area contributed by atoms with Crippen LogP contribution in [0.25, 0.3) is 0 Å². The van der Waals surface area contributed by atoms with Gasteiger partial charge in [-0.2, -0.15) is 0 Å². The van der Waals surface area contributed by atoms with Crippen molar-refractivity contribution >= 4 is 0 Å². The van der Waals surface area contributed by atoms with Gasteiger partial charge < -0.3 is 14.2 Å². The molecule has 0 aromatic rings. The van der Waals surface area contributed by atoms with E-state index in [0.29, 0.717) is 32.5 Å². The molecule has 3 nitrogen and oxygen atoms in total. The largest absolute Gasteiger partial charge is 0.375 e. The Labute approximate surface area is 316 Å². The third kappa shape index (κ3) is 6.29. The van der Waals surface area contributed by atoms with Crippen LogP contribution < -0.4 is 0 Å². The van der Waals surface area contributed by atoms with Crippen molar-refractivity contribution in [3.05, 3.63) is 0 Å². The molecule has 3 heterocycles. The van der Waals surface area contributed by atoms with Crippen molar-refractivity contribution in [3.8, 4) is 0 Å². The zero-order valence-corrected chi connectivity index (χ0v) is 36.0. The number of rotatable bonds is 0. The van der Waals surface area contributed by atoms with Crippen LogP contribution in [0.1, 0.15) is 199 Å². The summed E-state index contributed by atoms with van der Waals surface area (Å²) in [6.07, 6.45) is 24.8. The quantitative estimate of drug-likeness (QED) is 0.251. The minimum atomic E-state index is 0.207. The number of hydrogen-bond donors (Lipinski definition) is 0. The molecule has 0 amide bonds. The molecule has 12 atom stereocenters. The first-order chi connectivity index (χ1) is 23.7. The van der Waals surface area contributed by atoms with Gasteiger partial charge in [-0.15, -0.1) is 0 Å². The van der Waals surface area contributed by atoms with E-state index in [1.54, 1.807) is 0 Å². The van der Waals surface area contributed by atoms with E-state index in [4.69, 9.17) is 14.2 Å². The molecule has 51 heavy (non-hydrogen) atoms. The lowest BCUT2D eigenvalue weighted by Gasteiger charge is -2.60. The molecule has 9 fully saturated rings. The fraction of sp³-hybridized carbons (Fsp3) is 1.00. The third-order valence-electron chi connectivity index (χ3n) is 19.7. The Balaban J connectivity index is 0.000000119. The van der Waals surface area contributed by atoms with E-state index >= 15 is 0 Å². The van der Waals surface area contributed by atoms with E-state index in [1.165, 1.54) is 116 Å². The van der Waals surface area contributed by atoms with Crippen molar-refractivity contribution in [3.63, 3.8) is 0 Å². The summed E-state index contributed by atoms with van der Waals surface area (Å²) in [4.78, 5) is 0. The lowest BCUT2D eigenvalue weighted by molar-refractivity contribution is -0.147. The van der Waals surface area contributed by atoms with Crippen LogP contribution in [0.15, 0.2) is 0 Å². The van der Waals surface area contributed by atoms with E-state index in [1.807, 2.05) is 0 Å². The van der Waals surface area contributed by atoms with E-state index < -0.39 is 0 Å². The third-order valence-corrected chi connectivity index (χ3v) is 19.7. The van der Waals surface area contributed by atoms with Crippen LogP contribution in [0.2, 0.25) is 0 Å². The molecule has 3 saturated heterocycles. The molecular formula is C48H84O3. The normalized spacial score (nSPS) is 52.9. The highest BCUT2D eigenvalue weighted by atomic mass is 16.5. The summed E-state index contributed by atoms with van der Waals surface area (Å²) in [6.45, 7) is 32.9. The summed E-state index contributed by atoms with van der Waals surface area (Å²) >= 11 is 0. The average molecular weight is 709 g/mol. The number of ether oxygens (including phenoxy) is 3. The lowest BCUT2D eigenvalue weighted by Crippen LogP contribution is -2.55. The smallest absolute Gasteiger partial charge is 0.0688 e. The molecule has 0 aromatic carbocycles. The fourth-order valence-electron chi connectivity index (χ4n) is 17.5.